The topological polar surface area (TPSA) is 25.8 Å². The molecule has 4 nitrogen and oxygen atoms in total. The minimum Gasteiger partial charge on any atom is -0.455 e. The Labute approximate surface area is 365 Å². The van der Waals surface area contributed by atoms with Gasteiger partial charge in [0, 0.05) is 38.9 Å². The number of imidazole rings is 1. The molecule has 0 saturated heterocycles. The van der Waals surface area contributed by atoms with Crippen molar-refractivity contribution in [3.8, 4) is 28.3 Å². The van der Waals surface area contributed by atoms with Gasteiger partial charge < -0.3 is 4.42 Å². The average molecular weight is 826 g/mol. The van der Waals surface area contributed by atoms with E-state index < -0.39 is 8.07 Å². The molecule has 12 rings (SSSR count). The minimum atomic E-state index is -1.73. The largest absolute Gasteiger partial charge is 0.455 e. The molecule has 0 amide bonds. The van der Waals surface area contributed by atoms with E-state index in [-0.39, 0.29) is 6.04 Å². The number of fused-ring (bicyclic) bond motifs is 16. The van der Waals surface area contributed by atoms with Gasteiger partial charge in [-0.2, -0.15) is 13.7 Å². The summed E-state index contributed by atoms with van der Waals surface area (Å²) in [4.78, 5) is 0. The summed E-state index contributed by atoms with van der Waals surface area (Å²) in [5.41, 5.74) is 14.8. The Bertz CT molecular complexity index is 3260. The van der Waals surface area contributed by atoms with Crippen molar-refractivity contribution in [3.63, 3.8) is 0 Å². The summed E-state index contributed by atoms with van der Waals surface area (Å²) in [6, 6.07) is 50.0. The Hall–Kier alpha value is -6.04. The van der Waals surface area contributed by atoms with Crippen LogP contribution in [0.1, 0.15) is 73.6 Å². The molecule has 0 spiro atoms. The number of rotatable bonds is 4. The normalized spacial score (nSPS) is 18.1. The van der Waals surface area contributed by atoms with Crippen LogP contribution in [0, 0.1) is 5.92 Å². The molecular formula is C57H55N3OSi+2. The summed E-state index contributed by atoms with van der Waals surface area (Å²) in [5, 5.41) is 6.37. The Balaban J connectivity index is 1.14. The Morgan fingerprint density at radius 2 is 1.50 bits per heavy atom. The number of aryl methyl sites for hydroxylation is 1. The quantitative estimate of drug-likeness (QED) is 0.128. The van der Waals surface area contributed by atoms with Gasteiger partial charge in [0.25, 0.3) is 0 Å². The zero-order chi connectivity index (χ0) is 41.7. The third-order valence-electron chi connectivity index (χ3n) is 14.8. The summed E-state index contributed by atoms with van der Waals surface area (Å²) >= 11 is 0. The van der Waals surface area contributed by atoms with E-state index in [1.165, 1.54) is 71.7 Å². The van der Waals surface area contributed by atoms with Crippen molar-refractivity contribution in [2.45, 2.75) is 89.4 Å². The van der Waals surface area contributed by atoms with E-state index in [1.54, 1.807) is 10.8 Å². The van der Waals surface area contributed by atoms with Gasteiger partial charge in [0.15, 0.2) is 28.9 Å². The summed E-state index contributed by atoms with van der Waals surface area (Å²) in [6.45, 7) is 12.8. The number of pyridine rings is 1. The minimum absolute atomic E-state index is 0.197. The average Bonchev–Trinajstić information content (AvgIpc) is 3.84. The van der Waals surface area contributed by atoms with Crippen molar-refractivity contribution in [2.75, 3.05) is 0 Å². The standard InChI is InChI=1S/C57H55N3OSi/c1-37-33-51-45(43-22-10-11-23-44(43)52-35-41(34-38-17-6-5-7-18-38)54(36-58(51)52)62(2,3)4)31-29-40-30-32-47-46-24-12-15-28-53(46)61-56(47)55(40)57-59(37)49-25-13-14-26-50(49)60(57)48-27-16-20-39-19-8-9-21-42(39)48/h8-16,19-28,30,32,35-36,38,45,51H,1,5-7,17-18,29,31,33-34H2,2-4H3/q+2. The van der Waals surface area contributed by atoms with Crippen LogP contribution in [0.4, 0.5) is 0 Å². The predicted octanol–water partition coefficient (Wildman–Crippen LogP) is 13.4. The fourth-order valence-electron chi connectivity index (χ4n) is 12.0. The van der Waals surface area contributed by atoms with E-state index in [4.69, 9.17) is 11.0 Å². The Morgan fingerprint density at radius 3 is 2.37 bits per heavy atom. The molecule has 306 valence electrons. The van der Waals surface area contributed by atoms with Crippen molar-refractivity contribution in [1.29, 1.82) is 0 Å². The number of benzene rings is 6. The highest BCUT2D eigenvalue weighted by molar-refractivity contribution is 6.89. The van der Waals surface area contributed by atoms with Crippen molar-refractivity contribution >= 4 is 62.7 Å². The van der Waals surface area contributed by atoms with Gasteiger partial charge in [0.05, 0.1) is 14.5 Å². The van der Waals surface area contributed by atoms with Gasteiger partial charge in [0.1, 0.15) is 22.5 Å². The second-order valence-corrected chi connectivity index (χ2v) is 24.6. The first kappa shape index (κ1) is 37.7. The fraction of sp³-hybridized carbons (Fsp3) is 0.263. The van der Waals surface area contributed by atoms with Crippen LogP contribution in [0.15, 0.2) is 151 Å². The zero-order valence-corrected chi connectivity index (χ0v) is 37.3. The summed E-state index contributed by atoms with van der Waals surface area (Å²) in [6.07, 6.45) is 13.5. The predicted molar refractivity (Wildman–Crippen MR) is 259 cm³/mol. The van der Waals surface area contributed by atoms with Gasteiger partial charge in [-0.05, 0) is 77.6 Å². The molecule has 5 heteroatoms. The highest BCUT2D eigenvalue weighted by Crippen LogP contribution is 2.47. The van der Waals surface area contributed by atoms with E-state index in [9.17, 15) is 0 Å². The molecule has 5 heterocycles. The fourth-order valence-corrected chi connectivity index (χ4v) is 13.6. The van der Waals surface area contributed by atoms with Crippen LogP contribution < -0.4 is 14.3 Å². The molecule has 2 unspecified atom stereocenters. The maximum Gasteiger partial charge on any atom is 0.304 e. The number of para-hydroxylation sites is 3. The number of furan rings is 1. The van der Waals surface area contributed by atoms with Crippen LogP contribution >= 0.6 is 0 Å². The van der Waals surface area contributed by atoms with Crippen LogP contribution in [-0.2, 0) is 12.8 Å². The smallest absolute Gasteiger partial charge is 0.304 e. The van der Waals surface area contributed by atoms with Crippen molar-refractivity contribution in [1.82, 2.24) is 4.57 Å². The number of nitrogens with zero attached hydrogens (tertiary/aromatic N) is 3. The SMILES string of the molecule is C=C1CC2C(CCc3ccc4c(oc5ccccc54)c3-c3n(-c4cccc5ccccc45)c4ccccc4[n+]31)c1ccccc1-c1cc(CC3CCCCC3)c([Si](C)(C)C)c[n+]12. The van der Waals surface area contributed by atoms with Crippen LogP contribution in [-0.4, -0.2) is 12.6 Å². The van der Waals surface area contributed by atoms with Gasteiger partial charge in [-0.3, -0.25) is 0 Å². The van der Waals surface area contributed by atoms with Crippen molar-refractivity contribution in [3.05, 3.63) is 163 Å². The van der Waals surface area contributed by atoms with Crippen LogP contribution in [0.2, 0.25) is 19.6 Å². The molecule has 6 aromatic carbocycles. The molecule has 0 bridgehead atoms. The van der Waals surface area contributed by atoms with Gasteiger partial charge in [-0.15, -0.1) is 0 Å². The van der Waals surface area contributed by atoms with E-state index in [0.29, 0.717) is 5.92 Å². The number of aromatic nitrogens is 3. The van der Waals surface area contributed by atoms with Crippen LogP contribution in [0.25, 0.3) is 77.8 Å². The lowest BCUT2D eigenvalue weighted by Crippen LogP contribution is -2.54. The highest BCUT2D eigenvalue weighted by atomic mass is 28.3. The lowest BCUT2D eigenvalue weighted by atomic mass is 9.77. The third kappa shape index (κ3) is 5.91. The second-order valence-electron chi connectivity index (χ2n) is 19.6. The highest BCUT2D eigenvalue weighted by Gasteiger charge is 2.45. The molecule has 3 aliphatic rings. The molecule has 2 atom stereocenters. The summed E-state index contributed by atoms with van der Waals surface area (Å²) in [7, 11) is -1.73. The maximum atomic E-state index is 7.05. The van der Waals surface area contributed by atoms with Gasteiger partial charge in [-0.25, -0.2) is 0 Å². The molecule has 62 heavy (non-hydrogen) atoms. The van der Waals surface area contributed by atoms with Crippen molar-refractivity contribution < 1.29 is 13.6 Å². The van der Waals surface area contributed by atoms with E-state index >= 15 is 0 Å². The number of hydrogen-bond donors (Lipinski definition) is 0. The molecule has 2 aliphatic heterocycles. The van der Waals surface area contributed by atoms with Crippen molar-refractivity contribution in [2.24, 2.45) is 5.92 Å². The van der Waals surface area contributed by atoms with E-state index in [1.807, 2.05) is 0 Å². The first-order valence-electron chi connectivity index (χ1n) is 23.1. The first-order chi connectivity index (χ1) is 30.3. The van der Waals surface area contributed by atoms with Crippen LogP contribution in [0.3, 0.4) is 0 Å². The zero-order valence-electron chi connectivity index (χ0n) is 36.3. The van der Waals surface area contributed by atoms with E-state index in [0.717, 1.165) is 80.9 Å². The summed E-state index contributed by atoms with van der Waals surface area (Å²) in [5.74, 6) is 2.19. The van der Waals surface area contributed by atoms with Gasteiger partial charge >= 0.3 is 5.82 Å². The third-order valence-corrected chi connectivity index (χ3v) is 16.9. The lowest BCUT2D eigenvalue weighted by Gasteiger charge is -2.33. The molecule has 0 radical (unpaired) electrons. The molecule has 9 aromatic rings. The Morgan fingerprint density at radius 1 is 0.742 bits per heavy atom. The Kier molecular flexibility index (Phi) is 8.83. The van der Waals surface area contributed by atoms with Crippen LogP contribution in [0.5, 0.6) is 0 Å². The second kappa shape index (κ2) is 14.5. The number of allylic oxidation sites excluding steroid dienone is 1. The molecule has 1 fully saturated rings. The lowest BCUT2D eigenvalue weighted by molar-refractivity contribution is -0.719. The first-order valence-corrected chi connectivity index (χ1v) is 26.6. The number of hydrogen-bond acceptors (Lipinski definition) is 1. The summed E-state index contributed by atoms with van der Waals surface area (Å²) < 4.78 is 14.8. The molecule has 0 N–H and O–H groups in total. The molecule has 1 saturated carbocycles. The maximum absolute atomic E-state index is 7.05. The molecule has 3 aromatic heterocycles. The van der Waals surface area contributed by atoms with E-state index in [2.05, 4.69) is 173 Å². The van der Waals surface area contributed by atoms with Gasteiger partial charge in [-0.1, -0.05) is 155 Å². The molecule has 1 aliphatic carbocycles. The monoisotopic (exact) mass is 825 g/mol. The molecular weight excluding hydrogens is 771 g/mol. The van der Waals surface area contributed by atoms with Gasteiger partial charge in [0.2, 0.25) is 5.69 Å².